The second-order valence-electron chi connectivity index (χ2n) is 5.99. The molecule has 3 amide bonds. The highest BCUT2D eigenvalue weighted by atomic mass is 35.5. The highest BCUT2D eigenvalue weighted by Crippen LogP contribution is 2.25. The van der Waals surface area contributed by atoms with Gasteiger partial charge in [0.15, 0.2) is 0 Å². The largest absolute Gasteiger partial charge is 0.387 e. The van der Waals surface area contributed by atoms with Gasteiger partial charge in [0.1, 0.15) is 6.61 Å². The molecule has 0 bridgehead atoms. The predicted molar refractivity (Wildman–Crippen MR) is 96.0 cm³/mol. The smallest absolute Gasteiger partial charge is 0.319 e. The molecule has 1 atom stereocenters. The molecule has 138 valence electrons. The van der Waals surface area contributed by atoms with E-state index in [0.717, 1.165) is 13.0 Å². The molecule has 1 aromatic rings. The third kappa shape index (κ3) is 6.17. The number of anilines is 2. The Morgan fingerprint density at radius 2 is 2.20 bits per heavy atom. The molecule has 1 aromatic carbocycles. The maximum atomic E-state index is 12.1. The lowest BCUT2D eigenvalue weighted by Crippen LogP contribution is -2.53. The van der Waals surface area contributed by atoms with Crippen molar-refractivity contribution in [2.75, 3.05) is 44.0 Å². The number of hydrogen-bond acceptors (Lipinski definition) is 5. The third-order valence-corrected chi connectivity index (χ3v) is 4.13. The number of aliphatic hydroxyl groups is 1. The Kier molecular flexibility index (Phi) is 7.01. The van der Waals surface area contributed by atoms with Gasteiger partial charge in [0.25, 0.3) is 0 Å². The molecule has 1 aliphatic rings. The van der Waals surface area contributed by atoms with E-state index in [1.54, 1.807) is 18.2 Å². The summed E-state index contributed by atoms with van der Waals surface area (Å²) in [5.74, 6) is -0.313. The second kappa shape index (κ2) is 9.00. The van der Waals surface area contributed by atoms with Crippen LogP contribution in [0, 0.1) is 0 Å². The molecular formula is C16H23ClN4O4. The van der Waals surface area contributed by atoms with Crippen molar-refractivity contribution in [2.45, 2.75) is 18.4 Å². The standard InChI is InChI=1S/C16H23ClN4O4/c1-25-8-14(22)20-11-3-4-12(17)13(7-11)21-15(23)19-10-16(24)5-2-6-18-9-16/h3-4,7,18,24H,2,5-6,8-10H2,1H3,(H,20,22)(H2,19,21,23). The summed E-state index contributed by atoms with van der Waals surface area (Å²) in [7, 11) is 1.43. The summed E-state index contributed by atoms with van der Waals surface area (Å²) in [6.45, 7) is 1.37. The van der Waals surface area contributed by atoms with Gasteiger partial charge >= 0.3 is 6.03 Å². The number of halogens is 1. The molecule has 5 N–H and O–H groups in total. The Balaban J connectivity index is 1.91. The number of urea groups is 1. The Morgan fingerprint density at radius 1 is 1.40 bits per heavy atom. The van der Waals surface area contributed by atoms with E-state index in [4.69, 9.17) is 16.3 Å². The lowest BCUT2D eigenvalue weighted by molar-refractivity contribution is -0.119. The Morgan fingerprint density at radius 3 is 2.88 bits per heavy atom. The van der Waals surface area contributed by atoms with Crippen LogP contribution in [0.4, 0.5) is 16.2 Å². The van der Waals surface area contributed by atoms with Crippen molar-refractivity contribution in [3.05, 3.63) is 23.2 Å². The molecule has 25 heavy (non-hydrogen) atoms. The van der Waals surface area contributed by atoms with Crippen LogP contribution in [0.25, 0.3) is 0 Å². The van der Waals surface area contributed by atoms with Crippen molar-refractivity contribution in [1.29, 1.82) is 0 Å². The zero-order chi connectivity index (χ0) is 18.3. The quantitative estimate of drug-likeness (QED) is 0.516. The first-order valence-electron chi connectivity index (χ1n) is 7.98. The van der Waals surface area contributed by atoms with Crippen molar-refractivity contribution in [3.8, 4) is 0 Å². The van der Waals surface area contributed by atoms with Gasteiger partial charge < -0.3 is 31.1 Å². The van der Waals surface area contributed by atoms with Gasteiger partial charge in [-0.15, -0.1) is 0 Å². The van der Waals surface area contributed by atoms with E-state index in [1.807, 2.05) is 0 Å². The van der Waals surface area contributed by atoms with E-state index in [-0.39, 0.29) is 19.1 Å². The molecule has 0 aliphatic carbocycles. The zero-order valence-corrected chi connectivity index (χ0v) is 14.8. The number of nitrogens with one attached hydrogen (secondary N) is 4. The number of carbonyl (C=O) groups is 2. The van der Waals surface area contributed by atoms with E-state index in [0.29, 0.717) is 29.4 Å². The van der Waals surface area contributed by atoms with Crippen LogP contribution in [-0.4, -0.2) is 56.0 Å². The average Bonchev–Trinajstić information content (AvgIpc) is 2.57. The summed E-state index contributed by atoms with van der Waals surface area (Å²) in [5.41, 5.74) is -0.116. The number of methoxy groups -OCH3 is 1. The number of carbonyl (C=O) groups excluding carboxylic acids is 2. The monoisotopic (exact) mass is 370 g/mol. The van der Waals surface area contributed by atoms with Crippen LogP contribution in [0.2, 0.25) is 5.02 Å². The van der Waals surface area contributed by atoms with E-state index in [2.05, 4.69) is 21.3 Å². The number of benzene rings is 1. The zero-order valence-electron chi connectivity index (χ0n) is 14.0. The number of rotatable bonds is 6. The summed E-state index contributed by atoms with van der Waals surface area (Å²) >= 11 is 6.07. The van der Waals surface area contributed by atoms with Crippen molar-refractivity contribution in [1.82, 2.24) is 10.6 Å². The van der Waals surface area contributed by atoms with Crippen molar-refractivity contribution in [2.24, 2.45) is 0 Å². The first kappa shape index (κ1) is 19.5. The van der Waals surface area contributed by atoms with Crippen molar-refractivity contribution >= 4 is 34.9 Å². The Hall–Kier alpha value is -1.87. The molecular weight excluding hydrogens is 348 g/mol. The van der Waals surface area contributed by atoms with Gasteiger partial charge in [-0.05, 0) is 37.6 Å². The molecule has 1 aliphatic heterocycles. The molecule has 9 heteroatoms. The van der Waals surface area contributed by atoms with Crippen LogP contribution in [0.1, 0.15) is 12.8 Å². The lowest BCUT2D eigenvalue weighted by atomic mass is 9.94. The summed E-state index contributed by atoms with van der Waals surface area (Å²) < 4.78 is 4.75. The first-order valence-corrected chi connectivity index (χ1v) is 8.36. The van der Waals surface area contributed by atoms with Crippen LogP contribution in [-0.2, 0) is 9.53 Å². The highest BCUT2D eigenvalue weighted by Gasteiger charge is 2.29. The van der Waals surface area contributed by atoms with Gasteiger partial charge in [-0.3, -0.25) is 4.79 Å². The molecule has 0 aromatic heterocycles. The fourth-order valence-electron chi connectivity index (χ4n) is 2.54. The number of hydrogen-bond donors (Lipinski definition) is 5. The molecule has 8 nitrogen and oxygen atoms in total. The van der Waals surface area contributed by atoms with Gasteiger partial charge in [0.05, 0.1) is 16.3 Å². The van der Waals surface area contributed by atoms with Gasteiger partial charge in [-0.2, -0.15) is 0 Å². The molecule has 0 radical (unpaired) electrons. The van der Waals surface area contributed by atoms with Crippen LogP contribution in [0.3, 0.4) is 0 Å². The summed E-state index contributed by atoms with van der Waals surface area (Å²) in [6.07, 6.45) is 1.48. The number of ether oxygens (including phenoxy) is 1. The van der Waals surface area contributed by atoms with Crippen molar-refractivity contribution < 1.29 is 19.4 Å². The topological polar surface area (TPSA) is 112 Å². The first-order chi connectivity index (χ1) is 11.9. The molecule has 1 unspecified atom stereocenters. The minimum absolute atomic E-state index is 0.0709. The van der Waals surface area contributed by atoms with Crippen LogP contribution in [0.15, 0.2) is 18.2 Å². The van der Waals surface area contributed by atoms with Crippen LogP contribution < -0.4 is 21.3 Å². The van der Waals surface area contributed by atoms with Crippen LogP contribution in [0.5, 0.6) is 0 Å². The van der Waals surface area contributed by atoms with E-state index < -0.39 is 11.6 Å². The average molecular weight is 371 g/mol. The van der Waals surface area contributed by atoms with E-state index >= 15 is 0 Å². The summed E-state index contributed by atoms with van der Waals surface area (Å²) in [5, 5.41) is 21.7. The fourth-order valence-corrected chi connectivity index (χ4v) is 2.71. The predicted octanol–water partition coefficient (Wildman–Crippen LogP) is 1.16. The minimum Gasteiger partial charge on any atom is -0.387 e. The summed E-state index contributed by atoms with van der Waals surface area (Å²) in [6, 6.07) is 4.25. The number of piperidine rings is 1. The molecule has 1 fully saturated rings. The van der Waals surface area contributed by atoms with E-state index in [9.17, 15) is 14.7 Å². The number of amides is 3. The molecule has 1 saturated heterocycles. The number of β-amino-alcohol motifs (C(OH)–C–C–N with tert-alkyl or cyclic N) is 1. The molecule has 1 heterocycles. The SMILES string of the molecule is COCC(=O)Nc1ccc(Cl)c(NC(=O)NCC2(O)CCCNC2)c1. The second-order valence-corrected chi connectivity index (χ2v) is 6.40. The molecule has 2 rings (SSSR count). The lowest BCUT2D eigenvalue weighted by Gasteiger charge is -2.32. The van der Waals surface area contributed by atoms with Gasteiger partial charge in [-0.25, -0.2) is 4.79 Å². The maximum absolute atomic E-state index is 12.1. The van der Waals surface area contributed by atoms with Gasteiger partial charge in [0, 0.05) is 25.9 Å². The Bertz CT molecular complexity index is 620. The summed E-state index contributed by atoms with van der Waals surface area (Å²) in [4.78, 5) is 23.6. The van der Waals surface area contributed by atoms with Gasteiger partial charge in [0.2, 0.25) is 5.91 Å². The molecule has 0 saturated carbocycles. The third-order valence-electron chi connectivity index (χ3n) is 3.80. The van der Waals surface area contributed by atoms with E-state index in [1.165, 1.54) is 7.11 Å². The van der Waals surface area contributed by atoms with Gasteiger partial charge in [-0.1, -0.05) is 11.6 Å². The minimum atomic E-state index is -0.949. The fraction of sp³-hybridized carbons (Fsp3) is 0.500. The molecule has 0 spiro atoms. The Labute approximate surface area is 151 Å². The van der Waals surface area contributed by atoms with Crippen LogP contribution >= 0.6 is 11.6 Å². The maximum Gasteiger partial charge on any atom is 0.319 e. The highest BCUT2D eigenvalue weighted by molar-refractivity contribution is 6.33. The normalized spacial score (nSPS) is 20.0. The van der Waals surface area contributed by atoms with Crippen molar-refractivity contribution in [3.63, 3.8) is 0 Å².